The van der Waals surface area contributed by atoms with Crippen LogP contribution in [0.25, 0.3) is 0 Å². The molecule has 0 saturated heterocycles. The molecule has 7 heteroatoms. The number of hydrogen-bond donors (Lipinski definition) is 1. The van der Waals surface area contributed by atoms with Crippen molar-refractivity contribution in [1.82, 2.24) is 30.1 Å². The Kier molecular flexibility index (Phi) is 5.61. The summed E-state index contributed by atoms with van der Waals surface area (Å²) in [5.74, 6) is 0.516. The molecule has 2 aromatic rings. The molecule has 0 aliphatic heterocycles. The molecule has 0 bridgehead atoms. The van der Waals surface area contributed by atoms with Crippen LogP contribution in [0, 0.1) is 5.92 Å². The number of aromatic nitrogens is 5. The first kappa shape index (κ1) is 16.7. The van der Waals surface area contributed by atoms with E-state index in [1.807, 2.05) is 28.6 Å². The molecule has 130 valence electrons. The number of aryl methyl sites for hydroxylation is 1. The zero-order chi connectivity index (χ0) is 16.8. The average molecular weight is 330 g/mol. The Morgan fingerprint density at radius 1 is 1.33 bits per heavy atom. The summed E-state index contributed by atoms with van der Waals surface area (Å²) < 4.78 is 3.68. The van der Waals surface area contributed by atoms with Crippen molar-refractivity contribution >= 4 is 5.91 Å². The van der Waals surface area contributed by atoms with Gasteiger partial charge in [0, 0.05) is 31.5 Å². The number of rotatable bonds is 7. The predicted octanol–water partition coefficient (Wildman–Crippen LogP) is 2.26. The van der Waals surface area contributed by atoms with E-state index in [2.05, 4.69) is 20.7 Å². The lowest BCUT2D eigenvalue weighted by Crippen LogP contribution is -2.33. The van der Waals surface area contributed by atoms with E-state index in [1.165, 1.54) is 32.1 Å². The highest BCUT2D eigenvalue weighted by Gasteiger charge is 2.17. The number of nitrogens with one attached hydrogen (secondary N) is 1. The summed E-state index contributed by atoms with van der Waals surface area (Å²) in [6, 6.07) is 1.96. The van der Waals surface area contributed by atoms with E-state index in [1.54, 1.807) is 12.4 Å². The van der Waals surface area contributed by atoms with Gasteiger partial charge in [-0.05, 0) is 38.2 Å². The number of amides is 1. The Labute approximate surface area is 142 Å². The van der Waals surface area contributed by atoms with Crippen molar-refractivity contribution in [2.45, 2.75) is 64.6 Å². The second kappa shape index (κ2) is 8.08. The van der Waals surface area contributed by atoms with Gasteiger partial charge in [-0.2, -0.15) is 5.10 Å². The number of carbonyl (C=O) groups is 1. The summed E-state index contributed by atoms with van der Waals surface area (Å²) in [7, 11) is 0. The Bertz CT molecular complexity index is 629. The van der Waals surface area contributed by atoms with Gasteiger partial charge in [-0.15, -0.1) is 5.10 Å². The fourth-order valence-corrected chi connectivity index (χ4v) is 3.25. The van der Waals surface area contributed by atoms with Crippen molar-refractivity contribution in [3.63, 3.8) is 0 Å². The molecular weight excluding hydrogens is 304 g/mol. The minimum atomic E-state index is -0.155. The van der Waals surface area contributed by atoms with Crippen LogP contribution in [-0.2, 0) is 13.1 Å². The Balaban J connectivity index is 1.46. The second-order valence-corrected chi connectivity index (χ2v) is 6.76. The zero-order valence-electron chi connectivity index (χ0n) is 14.3. The van der Waals surface area contributed by atoms with E-state index in [0.717, 1.165) is 19.5 Å². The van der Waals surface area contributed by atoms with Crippen molar-refractivity contribution in [2.75, 3.05) is 0 Å². The first-order valence-corrected chi connectivity index (χ1v) is 8.89. The molecule has 1 fully saturated rings. The van der Waals surface area contributed by atoms with Crippen molar-refractivity contribution < 1.29 is 4.79 Å². The Morgan fingerprint density at radius 3 is 2.92 bits per heavy atom. The molecule has 1 N–H and O–H groups in total. The van der Waals surface area contributed by atoms with E-state index >= 15 is 0 Å². The summed E-state index contributed by atoms with van der Waals surface area (Å²) in [5.41, 5.74) is 0.400. The van der Waals surface area contributed by atoms with Crippen molar-refractivity contribution in [3.8, 4) is 0 Å². The maximum absolute atomic E-state index is 12.3. The lowest BCUT2D eigenvalue weighted by Gasteiger charge is -2.20. The van der Waals surface area contributed by atoms with Gasteiger partial charge in [0.15, 0.2) is 5.69 Å². The first-order valence-electron chi connectivity index (χ1n) is 8.89. The second-order valence-electron chi connectivity index (χ2n) is 6.76. The zero-order valence-corrected chi connectivity index (χ0v) is 14.3. The molecule has 1 aliphatic carbocycles. The molecule has 0 aromatic carbocycles. The highest BCUT2D eigenvalue weighted by molar-refractivity contribution is 5.92. The molecule has 1 atom stereocenters. The van der Waals surface area contributed by atoms with Gasteiger partial charge < -0.3 is 5.32 Å². The van der Waals surface area contributed by atoms with E-state index in [9.17, 15) is 4.79 Å². The molecule has 24 heavy (non-hydrogen) atoms. The van der Waals surface area contributed by atoms with Gasteiger partial charge in [-0.1, -0.05) is 24.5 Å². The standard InChI is InChI=1S/C17H26N6O/c1-14(8-11-22-10-5-9-18-22)19-17(24)16-13-23(21-20-16)12-15-6-3-2-4-7-15/h5,9-10,13-15H,2-4,6-8,11-12H2,1H3,(H,19,24). The van der Waals surface area contributed by atoms with E-state index in [4.69, 9.17) is 0 Å². The minimum Gasteiger partial charge on any atom is -0.348 e. The summed E-state index contributed by atoms with van der Waals surface area (Å²) in [4.78, 5) is 12.3. The molecule has 1 amide bonds. The first-order chi connectivity index (χ1) is 11.7. The molecule has 3 rings (SSSR count). The largest absolute Gasteiger partial charge is 0.348 e. The molecule has 0 spiro atoms. The van der Waals surface area contributed by atoms with Crippen LogP contribution in [-0.4, -0.2) is 36.7 Å². The fraction of sp³-hybridized carbons (Fsp3) is 0.647. The number of carbonyl (C=O) groups excluding carboxylic acids is 1. The summed E-state index contributed by atoms with van der Waals surface area (Å²) in [6.45, 7) is 3.64. The maximum Gasteiger partial charge on any atom is 0.273 e. The van der Waals surface area contributed by atoms with Gasteiger partial charge in [-0.25, -0.2) is 0 Å². The van der Waals surface area contributed by atoms with Crippen LogP contribution >= 0.6 is 0 Å². The molecule has 1 aliphatic rings. The van der Waals surface area contributed by atoms with E-state index in [0.29, 0.717) is 11.6 Å². The fourth-order valence-electron chi connectivity index (χ4n) is 3.25. The van der Waals surface area contributed by atoms with Crippen LogP contribution in [0.3, 0.4) is 0 Å². The third-order valence-corrected chi connectivity index (χ3v) is 4.67. The number of hydrogen-bond acceptors (Lipinski definition) is 4. The van der Waals surface area contributed by atoms with Crippen LogP contribution in [0.15, 0.2) is 24.7 Å². The van der Waals surface area contributed by atoms with Crippen LogP contribution in [0.2, 0.25) is 0 Å². The third kappa shape index (κ3) is 4.66. The quantitative estimate of drug-likeness (QED) is 0.845. The predicted molar refractivity (Wildman–Crippen MR) is 90.4 cm³/mol. The molecule has 7 nitrogen and oxygen atoms in total. The normalized spacial score (nSPS) is 16.9. The SMILES string of the molecule is CC(CCn1cccn1)NC(=O)c1cn(CC2CCCCC2)nn1. The average Bonchev–Trinajstić information content (AvgIpc) is 3.25. The van der Waals surface area contributed by atoms with Crippen molar-refractivity contribution in [1.29, 1.82) is 0 Å². The Morgan fingerprint density at radius 2 is 2.17 bits per heavy atom. The summed E-state index contributed by atoms with van der Waals surface area (Å²) in [5, 5.41) is 15.3. The monoisotopic (exact) mass is 330 g/mol. The van der Waals surface area contributed by atoms with E-state index in [-0.39, 0.29) is 11.9 Å². The van der Waals surface area contributed by atoms with Crippen LogP contribution in [0.4, 0.5) is 0 Å². The summed E-state index contributed by atoms with van der Waals surface area (Å²) >= 11 is 0. The minimum absolute atomic E-state index is 0.0604. The summed E-state index contributed by atoms with van der Waals surface area (Å²) in [6.07, 6.45) is 12.7. The van der Waals surface area contributed by atoms with Gasteiger partial charge in [0.1, 0.15) is 0 Å². The topological polar surface area (TPSA) is 77.6 Å². The van der Waals surface area contributed by atoms with E-state index < -0.39 is 0 Å². The van der Waals surface area contributed by atoms with Crippen LogP contribution in [0.1, 0.15) is 55.9 Å². The van der Waals surface area contributed by atoms with Crippen LogP contribution in [0.5, 0.6) is 0 Å². The lowest BCUT2D eigenvalue weighted by molar-refractivity contribution is 0.0932. The smallest absolute Gasteiger partial charge is 0.273 e. The molecule has 1 saturated carbocycles. The van der Waals surface area contributed by atoms with Gasteiger partial charge in [0.2, 0.25) is 0 Å². The van der Waals surface area contributed by atoms with Gasteiger partial charge in [0.25, 0.3) is 5.91 Å². The molecular formula is C17H26N6O. The molecule has 2 aromatic heterocycles. The highest BCUT2D eigenvalue weighted by Crippen LogP contribution is 2.24. The maximum atomic E-state index is 12.3. The van der Waals surface area contributed by atoms with Crippen molar-refractivity contribution in [2.24, 2.45) is 5.92 Å². The van der Waals surface area contributed by atoms with Crippen molar-refractivity contribution in [3.05, 3.63) is 30.4 Å². The highest BCUT2D eigenvalue weighted by atomic mass is 16.2. The molecule has 2 heterocycles. The van der Waals surface area contributed by atoms with Gasteiger partial charge >= 0.3 is 0 Å². The van der Waals surface area contributed by atoms with Gasteiger partial charge in [-0.3, -0.25) is 14.2 Å². The van der Waals surface area contributed by atoms with Gasteiger partial charge in [0.05, 0.1) is 6.20 Å². The molecule has 0 radical (unpaired) electrons. The third-order valence-electron chi connectivity index (χ3n) is 4.67. The Hall–Kier alpha value is -2.18. The van der Waals surface area contributed by atoms with Crippen LogP contribution < -0.4 is 5.32 Å². The lowest BCUT2D eigenvalue weighted by atomic mass is 9.89. The molecule has 1 unspecified atom stereocenters. The number of nitrogens with zero attached hydrogens (tertiary/aromatic N) is 5.